The van der Waals surface area contributed by atoms with Crippen molar-refractivity contribution >= 4 is 34.7 Å². The molecular weight excluding hydrogens is 343 g/mol. The van der Waals surface area contributed by atoms with Crippen molar-refractivity contribution < 1.29 is 8.78 Å². The summed E-state index contributed by atoms with van der Waals surface area (Å²) >= 11 is 12.2. The van der Waals surface area contributed by atoms with Crippen LogP contribution in [0, 0.1) is 11.6 Å². The molecule has 0 saturated carbocycles. The second-order valence-corrected chi connectivity index (χ2v) is 5.72. The third-order valence-corrected chi connectivity index (χ3v) is 3.97. The Balaban J connectivity index is 2.05. The van der Waals surface area contributed by atoms with Crippen molar-refractivity contribution in [1.29, 1.82) is 0 Å². The van der Waals surface area contributed by atoms with Crippen LogP contribution in [0.1, 0.15) is 0 Å². The number of benzene rings is 2. The number of halogens is 4. The van der Waals surface area contributed by atoms with E-state index in [1.165, 1.54) is 30.3 Å². The van der Waals surface area contributed by atoms with Gasteiger partial charge in [-0.25, -0.2) is 8.78 Å². The molecule has 0 atom stereocenters. The zero-order chi connectivity index (χ0) is 16.6. The van der Waals surface area contributed by atoms with Crippen molar-refractivity contribution in [2.75, 3.05) is 5.32 Å². The summed E-state index contributed by atoms with van der Waals surface area (Å²) in [6.07, 6.45) is 1.61. The van der Waals surface area contributed by atoms with Gasteiger partial charge < -0.3 is 5.32 Å². The fourth-order valence-electron chi connectivity index (χ4n) is 2.21. The van der Waals surface area contributed by atoms with Crippen LogP contribution >= 0.6 is 23.2 Å². The van der Waals surface area contributed by atoms with Crippen molar-refractivity contribution in [3.63, 3.8) is 0 Å². The maximum atomic E-state index is 13.2. The second-order valence-electron chi connectivity index (χ2n) is 4.90. The van der Waals surface area contributed by atoms with Crippen molar-refractivity contribution in [2.45, 2.75) is 0 Å². The van der Waals surface area contributed by atoms with Crippen LogP contribution in [0.2, 0.25) is 10.0 Å². The van der Waals surface area contributed by atoms with Crippen molar-refractivity contribution in [3.05, 3.63) is 64.3 Å². The highest BCUT2D eigenvalue weighted by Gasteiger charge is 2.15. The van der Waals surface area contributed by atoms with Gasteiger partial charge in [-0.3, -0.25) is 4.68 Å². The molecule has 1 N–H and O–H groups in total. The Morgan fingerprint density at radius 3 is 2.26 bits per heavy atom. The van der Waals surface area contributed by atoms with Crippen LogP contribution in [0.5, 0.6) is 0 Å². The molecule has 2 aromatic carbocycles. The summed E-state index contributed by atoms with van der Waals surface area (Å²) in [7, 11) is 1.74. The molecule has 118 valence electrons. The minimum Gasteiger partial charge on any atom is -0.339 e. The molecular formula is C16H11Cl2F2N3. The summed E-state index contributed by atoms with van der Waals surface area (Å²) in [5.74, 6) is -0.238. The van der Waals surface area contributed by atoms with Gasteiger partial charge in [-0.2, -0.15) is 5.10 Å². The number of nitrogens with zero attached hydrogens (tertiary/aromatic N) is 2. The Hall–Kier alpha value is -2.11. The third kappa shape index (κ3) is 3.16. The number of nitrogens with one attached hydrogen (secondary N) is 1. The molecule has 0 unspecified atom stereocenters. The van der Waals surface area contributed by atoms with E-state index in [2.05, 4.69) is 10.4 Å². The SMILES string of the molecule is Cn1ncc(-c2ccc(F)cc2Cl)c1Nc1ccc(F)cc1Cl. The number of aromatic nitrogens is 2. The van der Waals surface area contributed by atoms with Crippen molar-refractivity contribution in [3.8, 4) is 11.1 Å². The lowest BCUT2D eigenvalue weighted by atomic mass is 10.1. The van der Waals surface area contributed by atoms with Crippen LogP contribution in [-0.4, -0.2) is 9.78 Å². The fourth-order valence-corrected chi connectivity index (χ4v) is 2.69. The highest BCUT2D eigenvalue weighted by molar-refractivity contribution is 6.34. The monoisotopic (exact) mass is 353 g/mol. The number of aryl methyl sites for hydroxylation is 1. The van der Waals surface area contributed by atoms with Crippen LogP contribution in [-0.2, 0) is 7.05 Å². The molecule has 0 saturated heterocycles. The molecule has 23 heavy (non-hydrogen) atoms. The normalized spacial score (nSPS) is 10.8. The average Bonchev–Trinajstić information content (AvgIpc) is 2.83. The van der Waals surface area contributed by atoms with Gasteiger partial charge in [0.05, 0.1) is 21.9 Å². The largest absolute Gasteiger partial charge is 0.339 e. The Bertz CT molecular complexity index is 878. The molecule has 0 amide bonds. The molecule has 0 spiro atoms. The number of hydrogen-bond acceptors (Lipinski definition) is 2. The average molecular weight is 354 g/mol. The topological polar surface area (TPSA) is 29.9 Å². The van der Waals surface area contributed by atoms with Crippen LogP contribution in [0.25, 0.3) is 11.1 Å². The molecule has 1 aromatic heterocycles. The maximum absolute atomic E-state index is 13.2. The minimum atomic E-state index is -0.424. The van der Waals surface area contributed by atoms with E-state index in [4.69, 9.17) is 23.2 Å². The van der Waals surface area contributed by atoms with E-state index in [1.807, 2.05) is 0 Å². The lowest BCUT2D eigenvalue weighted by molar-refractivity contribution is 0.627. The third-order valence-electron chi connectivity index (χ3n) is 3.34. The molecule has 0 radical (unpaired) electrons. The van der Waals surface area contributed by atoms with E-state index in [0.29, 0.717) is 22.6 Å². The molecule has 3 nitrogen and oxygen atoms in total. The van der Waals surface area contributed by atoms with Gasteiger partial charge >= 0.3 is 0 Å². The van der Waals surface area contributed by atoms with Crippen molar-refractivity contribution in [2.24, 2.45) is 7.05 Å². The lowest BCUT2D eigenvalue weighted by Gasteiger charge is -2.12. The Morgan fingerprint density at radius 2 is 1.61 bits per heavy atom. The van der Waals surface area contributed by atoms with Crippen LogP contribution in [0.3, 0.4) is 0 Å². The predicted octanol–water partition coefficient (Wildman–Crippen LogP) is 5.42. The maximum Gasteiger partial charge on any atom is 0.136 e. The molecule has 1 heterocycles. The van der Waals surface area contributed by atoms with E-state index in [-0.39, 0.29) is 10.0 Å². The summed E-state index contributed by atoms with van der Waals surface area (Å²) in [6.45, 7) is 0. The molecule has 0 bridgehead atoms. The molecule has 0 aliphatic heterocycles. The molecule has 3 rings (SSSR count). The van der Waals surface area contributed by atoms with E-state index in [0.717, 1.165) is 0 Å². The Morgan fingerprint density at radius 1 is 0.957 bits per heavy atom. The van der Waals surface area contributed by atoms with Gasteiger partial charge in [-0.1, -0.05) is 23.2 Å². The number of anilines is 2. The number of hydrogen-bond donors (Lipinski definition) is 1. The first-order valence-corrected chi connectivity index (χ1v) is 7.41. The van der Waals surface area contributed by atoms with Crippen LogP contribution < -0.4 is 5.32 Å². The van der Waals surface area contributed by atoms with E-state index in [9.17, 15) is 8.78 Å². The van der Waals surface area contributed by atoms with Crippen molar-refractivity contribution in [1.82, 2.24) is 9.78 Å². The van der Waals surface area contributed by atoms with Crippen LogP contribution in [0.4, 0.5) is 20.3 Å². The van der Waals surface area contributed by atoms with Gasteiger partial charge in [-0.05, 0) is 36.4 Å². The number of rotatable bonds is 3. The van der Waals surface area contributed by atoms with Gasteiger partial charge in [0.1, 0.15) is 17.5 Å². The first-order valence-electron chi connectivity index (χ1n) is 6.65. The van der Waals surface area contributed by atoms with E-state index < -0.39 is 11.6 Å². The summed E-state index contributed by atoms with van der Waals surface area (Å²) in [5.41, 5.74) is 1.83. The first kappa shape index (κ1) is 15.8. The minimum absolute atomic E-state index is 0.238. The quantitative estimate of drug-likeness (QED) is 0.681. The van der Waals surface area contributed by atoms with Gasteiger partial charge in [0.2, 0.25) is 0 Å². The Kier molecular flexibility index (Phi) is 4.24. The smallest absolute Gasteiger partial charge is 0.136 e. The zero-order valence-corrected chi connectivity index (χ0v) is 13.5. The standard InChI is InChI=1S/C16H11Cl2F2N3/c1-23-16(22-15-5-3-10(20)7-14(15)18)12(8-21-23)11-4-2-9(19)6-13(11)17/h2-8,22H,1H3. The Labute approximate surface area is 141 Å². The first-order chi connectivity index (χ1) is 11.0. The van der Waals surface area contributed by atoms with E-state index >= 15 is 0 Å². The van der Waals surface area contributed by atoms with Gasteiger partial charge in [0.25, 0.3) is 0 Å². The van der Waals surface area contributed by atoms with Crippen LogP contribution in [0.15, 0.2) is 42.6 Å². The predicted molar refractivity (Wildman–Crippen MR) is 88.3 cm³/mol. The highest BCUT2D eigenvalue weighted by Crippen LogP contribution is 2.36. The molecule has 3 aromatic rings. The van der Waals surface area contributed by atoms with E-state index in [1.54, 1.807) is 24.0 Å². The van der Waals surface area contributed by atoms with Gasteiger partial charge in [0.15, 0.2) is 0 Å². The molecule has 0 fully saturated rings. The zero-order valence-electron chi connectivity index (χ0n) is 11.9. The summed E-state index contributed by atoms with van der Waals surface area (Å²) in [6, 6.07) is 8.17. The lowest BCUT2D eigenvalue weighted by Crippen LogP contribution is -2.01. The van der Waals surface area contributed by atoms with Gasteiger partial charge in [0, 0.05) is 18.2 Å². The molecule has 0 aliphatic rings. The highest BCUT2D eigenvalue weighted by atomic mass is 35.5. The summed E-state index contributed by atoms with van der Waals surface area (Å²) < 4.78 is 28.0. The summed E-state index contributed by atoms with van der Waals surface area (Å²) in [5, 5.41) is 7.80. The second kappa shape index (κ2) is 6.18. The molecule has 0 aliphatic carbocycles. The fraction of sp³-hybridized carbons (Fsp3) is 0.0625. The van der Waals surface area contributed by atoms with Gasteiger partial charge in [-0.15, -0.1) is 0 Å². The molecule has 7 heteroatoms. The summed E-state index contributed by atoms with van der Waals surface area (Å²) in [4.78, 5) is 0.